The van der Waals surface area contributed by atoms with Gasteiger partial charge in [0.1, 0.15) is 24.3 Å². The predicted octanol–water partition coefficient (Wildman–Crippen LogP) is 3.67. The summed E-state index contributed by atoms with van der Waals surface area (Å²) in [4.78, 5) is 15.8. The number of nitrogens with two attached hydrogens (primary N) is 1. The largest absolute Gasteiger partial charge is 0.486 e. The topological polar surface area (TPSA) is 78.4 Å². The number of oxazole rings is 1. The molecule has 0 radical (unpaired) electrons. The van der Waals surface area contributed by atoms with Gasteiger partial charge in [-0.15, -0.1) is 0 Å². The van der Waals surface area contributed by atoms with Gasteiger partial charge >= 0.3 is 0 Å². The van der Waals surface area contributed by atoms with Gasteiger partial charge in [-0.3, -0.25) is 4.79 Å². The summed E-state index contributed by atoms with van der Waals surface area (Å²) in [5.74, 6) is 0.259. The highest BCUT2D eigenvalue weighted by molar-refractivity contribution is 6.31. The molecule has 1 amide bonds. The molecule has 0 spiro atoms. The Morgan fingerprint density at radius 2 is 2.00 bits per heavy atom. The summed E-state index contributed by atoms with van der Waals surface area (Å²) in [5, 5.41) is 0.416. The van der Waals surface area contributed by atoms with Crippen LogP contribution in [0, 0.1) is 0 Å². The Balaban J connectivity index is 1.75. The van der Waals surface area contributed by atoms with Crippen molar-refractivity contribution in [2.24, 2.45) is 5.73 Å². The van der Waals surface area contributed by atoms with Crippen LogP contribution in [0.3, 0.4) is 0 Å². The van der Waals surface area contributed by atoms with Crippen molar-refractivity contribution in [3.8, 4) is 17.2 Å². The zero-order valence-corrected chi connectivity index (χ0v) is 12.8. The van der Waals surface area contributed by atoms with Gasteiger partial charge in [-0.2, -0.15) is 0 Å². The summed E-state index contributed by atoms with van der Waals surface area (Å²) in [6.07, 6.45) is 1.52. The standard InChI is InChI=1S/C17H13ClN2O3/c18-12-6-7-15(14(8-12)16(19)21)22-9-13-10-23-17(20-13)11-4-2-1-3-5-11/h1-8,10H,9H2,(H2,19,21). The minimum absolute atomic E-state index is 0.151. The van der Waals surface area contributed by atoms with Crippen LogP contribution in [0.2, 0.25) is 5.02 Å². The SMILES string of the molecule is NC(=O)c1cc(Cl)ccc1OCc1coc(-c2ccccc2)n1. The van der Waals surface area contributed by atoms with Crippen LogP contribution >= 0.6 is 11.6 Å². The Morgan fingerprint density at radius 1 is 1.22 bits per heavy atom. The third-order valence-corrected chi connectivity index (χ3v) is 3.39. The van der Waals surface area contributed by atoms with Crippen molar-refractivity contribution in [2.45, 2.75) is 6.61 Å². The molecule has 0 saturated carbocycles. The van der Waals surface area contributed by atoms with E-state index in [2.05, 4.69) is 4.98 Å². The molecule has 3 aromatic rings. The second kappa shape index (κ2) is 6.54. The fourth-order valence-corrected chi connectivity index (χ4v) is 2.23. The summed E-state index contributed by atoms with van der Waals surface area (Å²) >= 11 is 5.86. The molecule has 0 fully saturated rings. The van der Waals surface area contributed by atoms with Gasteiger partial charge < -0.3 is 14.9 Å². The smallest absolute Gasteiger partial charge is 0.252 e. The molecular weight excluding hydrogens is 316 g/mol. The van der Waals surface area contributed by atoms with Gasteiger partial charge in [0.05, 0.1) is 5.56 Å². The normalized spacial score (nSPS) is 10.5. The summed E-state index contributed by atoms with van der Waals surface area (Å²) in [6.45, 7) is 0.151. The summed E-state index contributed by atoms with van der Waals surface area (Å²) in [7, 11) is 0. The molecule has 1 heterocycles. The summed E-state index contributed by atoms with van der Waals surface area (Å²) in [6, 6.07) is 14.2. The fourth-order valence-electron chi connectivity index (χ4n) is 2.06. The van der Waals surface area contributed by atoms with Gasteiger partial charge in [-0.1, -0.05) is 29.8 Å². The first-order chi connectivity index (χ1) is 11.1. The monoisotopic (exact) mass is 328 g/mol. The number of amides is 1. The van der Waals surface area contributed by atoms with Crippen molar-refractivity contribution < 1.29 is 13.9 Å². The predicted molar refractivity (Wildman–Crippen MR) is 86.2 cm³/mol. The first kappa shape index (κ1) is 15.1. The average Bonchev–Trinajstić information content (AvgIpc) is 3.03. The van der Waals surface area contributed by atoms with Crippen molar-refractivity contribution >= 4 is 17.5 Å². The molecule has 6 heteroatoms. The Bertz CT molecular complexity index is 831. The maximum atomic E-state index is 11.4. The second-order valence-electron chi connectivity index (χ2n) is 4.80. The number of rotatable bonds is 5. The molecule has 0 aliphatic heterocycles. The van der Waals surface area contributed by atoms with Crippen molar-refractivity contribution in [3.63, 3.8) is 0 Å². The lowest BCUT2D eigenvalue weighted by atomic mass is 10.2. The average molecular weight is 329 g/mol. The number of aromatic nitrogens is 1. The van der Waals surface area contributed by atoms with Crippen molar-refractivity contribution in [3.05, 3.63) is 71.1 Å². The number of hydrogen-bond donors (Lipinski definition) is 1. The molecule has 2 N–H and O–H groups in total. The van der Waals surface area contributed by atoms with Gasteiger partial charge in [0.15, 0.2) is 0 Å². The zero-order valence-electron chi connectivity index (χ0n) is 12.0. The molecule has 3 rings (SSSR count). The number of hydrogen-bond acceptors (Lipinski definition) is 4. The lowest BCUT2D eigenvalue weighted by Gasteiger charge is -2.08. The summed E-state index contributed by atoms with van der Waals surface area (Å²) in [5.41, 5.74) is 7.03. The molecule has 0 unspecified atom stereocenters. The Morgan fingerprint density at radius 3 is 2.74 bits per heavy atom. The van der Waals surface area contributed by atoms with E-state index in [-0.39, 0.29) is 12.2 Å². The third kappa shape index (κ3) is 3.52. The number of carbonyl (C=O) groups excluding carboxylic acids is 1. The summed E-state index contributed by atoms with van der Waals surface area (Å²) < 4.78 is 11.0. The molecule has 5 nitrogen and oxygen atoms in total. The van der Waals surface area contributed by atoms with Gasteiger partial charge in [-0.25, -0.2) is 4.98 Å². The zero-order chi connectivity index (χ0) is 16.2. The number of primary amides is 1. The van der Waals surface area contributed by atoms with E-state index in [4.69, 9.17) is 26.5 Å². The number of carbonyl (C=O) groups is 1. The van der Waals surface area contributed by atoms with Crippen molar-refractivity contribution in [1.82, 2.24) is 4.98 Å². The number of nitrogens with zero attached hydrogens (tertiary/aromatic N) is 1. The molecule has 1 aromatic heterocycles. The first-order valence-electron chi connectivity index (χ1n) is 6.85. The highest BCUT2D eigenvalue weighted by atomic mass is 35.5. The lowest BCUT2D eigenvalue weighted by molar-refractivity contribution is 0.0996. The maximum absolute atomic E-state index is 11.4. The molecular formula is C17H13ClN2O3. The minimum atomic E-state index is -0.604. The van der Waals surface area contributed by atoms with Crippen LogP contribution in [0.4, 0.5) is 0 Å². The van der Waals surface area contributed by atoms with Gasteiger partial charge in [0, 0.05) is 10.6 Å². The third-order valence-electron chi connectivity index (χ3n) is 3.16. The van der Waals surface area contributed by atoms with E-state index >= 15 is 0 Å². The van der Waals surface area contributed by atoms with Crippen LogP contribution in [-0.2, 0) is 6.61 Å². The molecule has 0 bridgehead atoms. The number of halogens is 1. The van der Waals surface area contributed by atoms with Crippen LogP contribution in [0.5, 0.6) is 5.75 Å². The van der Waals surface area contributed by atoms with Crippen molar-refractivity contribution in [1.29, 1.82) is 0 Å². The molecule has 23 heavy (non-hydrogen) atoms. The van der Waals surface area contributed by atoms with Crippen LogP contribution in [0.15, 0.2) is 59.2 Å². The van der Waals surface area contributed by atoms with Crippen LogP contribution < -0.4 is 10.5 Å². The van der Waals surface area contributed by atoms with E-state index < -0.39 is 5.91 Å². The highest BCUT2D eigenvalue weighted by Crippen LogP contribution is 2.24. The van der Waals surface area contributed by atoms with Gasteiger partial charge in [-0.05, 0) is 30.3 Å². The number of benzene rings is 2. The molecule has 0 aliphatic rings. The Labute approximate surface area is 137 Å². The van der Waals surface area contributed by atoms with E-state index in [0.717, 1.165) is 5.56 Å². The van der Waals surface area contributed by atoms with Crippen molar-refractivity contribution in [2.75, 3.05) is 0 Å². The molecule has 2 aromatic carbocycles. The highest BCUT2D eigenvalue weighted by Gasteiger charge is 2.12. The van der Waals surface area contributed by atoms with E-state index in [1.54, 1.807) is 12.1 Å². The quantitative estimate of drug-likeness (QED) is 0.775. The molecule has 116 valence electrons. The Kier molecular flexibility index (Phi) is 4.30. The first-order valence-corrected chi connectivity index (χ1v) is 7.23. The lowest BCUT2D eigenvalue weighted by Crippen LogP contribution is -2.13. The maximum Gasteiger partial charge on any atom is 0.252 e. The van der Waals surface area contributed by atoms with Gasteiger partial charge in [0.2, 0.25) is 5.89 Å². The minimum Gasteiger partial charge on any atom is -0.486 e. The Hall–Kier alpha value is -2.79. The van der Waals surface area contributed by atoms with Gasteiger partial charge in [0.25, 0.3) is 5.91 Å². The molecule has 0 saturated heterocycles. The molecule has 0 aliphatic carbocycles. The van der Waals surface area contributed by atoms with Crippen LogP contribution in [0.25, 0.3) is 11.5 Å². The van der Waals surface area contributed by atoms with E-state index in [0.29, 0.717) is 22.4 Å². The van der Waals surface area contributed by atoms with E-state index in [1.165, 1.54) is 12.3 Å². The second-order valence-corrected chi connectivity index (χ2v) is 5.24. The fraction of sp³-hybridized carbons (Fsp3) is 0.0588. The molecule has 0 atom stereocenters. The van der Waals surface area contributed by atoms with E-state index in [9.17, 15) is 4.79 Å². The number of ether oxygens (including phenoxy) is 1. The van der Waals surface area contributed by atoms with Crippen LogP contribution in [0.1, 0.15) is 16.1 Å². The van der Waals surface area contributed by atoms with E-state index in [1.807, 2.05) is 30.3 Å². The van der Waals surface area contributed by atoms with Crippen LogP contribution in [-0.4, -0.2) is 10.9 Å².